The Kier molecular flexibility index (Phi) is 8.25. The van der Waals surface area contributed by atoms with Crippen LogP contribution in [0.2, 0.25) is 0 Å². The van der Waals surface area contributed by atoms with Crippen molar-refractivity contribution in [1.29, 1.82) is 0 Å². The van der Waals surface area contributed by atoms with E-state index in [0.29, 0.717) is 13.2 Å². The second-order valence-corrected chi connectivity index (χ2v) is 10.2. The summed E-state index contributed by atoms with van der Waals surface area (Å²) in [7, 11) is 0. The van der Waals surface area contributed by atoms with Gasteiger partial charge in [-0.25, -0.2) is 0 Å². The molecule has 1 unspecified atom stereocenters. The van der Waals surface area contributed by atoms with Gasteiger partial charge >= 0.3 is 0 Å². The predicted octanol–water partition coefficient (Wildman–Crippen LogP) is 2.24. The third kappa shape index (κ3) is 6.50. The number of nitrogens with one attached hydrogen (secondary N) is 3. The van der Waals surface area contributed by atoms with Crippen LogP contribution in [-0.2, 0) is 9.53 Å². The molecule has 0 radical (unpaired) electrons. The Balaban J connectivity index is 1.31. The summed E-state index contributed by atoms with van der Waals surface area (Å²) in [6, 6.07) is 6.11. The van der Waals surface area contributed by atoms with E-state index < -0.39 is 0 Å². The average Bonchev–Trinajstić information content (AvgIpc) is 3.23. The first-order valence-corrected chi connectivity index (χ1v) is 12.6. The number of aryl methyl sites for hydroxylation is 1. The van der Waals surface area contributed by atoms with E-state index in [1.165, 1.54) is 0 Å². The molecule has 1 fully saturated rings. The van der Waals surface area contributed by atoms with Gasteiger partial charge < -0.3 is 20.1 Å². The standard InChI is InChI=1S/C25H39N7O3/c1-18-29-30-23-22(26-9-5-6-10-27-24(33)25(2,3)4)28-20-17-19(7-8-21(20)32(18)23)35-16-13-31-11-14-34-15-12-31/h7-8,17,22,26,28H,5-6,9-16H2,1-4H3,(H,27,33). The van der Waals surface area contributed by atoms with E-state index in [9.17, 15) is 4.79 Å². The number of morpholine rings is 1. The molecule has 2 aliphatic rings. The molecular weight excluding hydrogens is 446 g/mol. The SMILES string of the molecule is Cc1nnc2n1-c1ccc(OCCN3CCOCC3)cc1NC2NCCCCNC(=O)C(C)(C)C. The lowest BCUT2D eigenvalue weighted by Crippen LogP contribution is -2.38. The minimum atomic E-state index is -0.356. The molecule has 10 nitrogen and oxygen atoms in total. The smallest absolute Gasteiger partial charge is 0.225 e. The molecule has 0 bridgehead atoms. The molecule has 1 amide bonds. The molecule has 192 valence electrons. The first kappa shape index (κ1) is 25.4. The number of hydrogen-bond acceptors (Lipinski definition) is 8. The van der Waals surface area contributed by atoms with E-state index in [2.05, 4.69) is 41.7 Å². The summed E-state index contributed by atoms with van der Waals surface area (Å²) in [6.45, 7) is 14.3. The molecule has 35 heavy (non-hydrogen) atoms. The fraction of sp³-hybridized carbons (Fsp3) is 0.640. The van der Waals surface area contributed by atoms with Crippen molar-refractivity contribution in [1.82, 2.24) is 30.3 Å². The molecular formula is C25H39N7O3. The van der Waals surface area contributed by atoms with Crippen molar-refractivity contribution in [3.63, 3.8) is 0 Å². The van der Waals surface area contributed by atoms with Crippen LogP contribution in [0.5, 0.6) is 5.75 Å². The van der Waals surface area contributed by atoms with E-state index >= 15 is 0 Å². The monoisotopic (exact) mass is 485 g/mol. The van der Waals surface area contributed by atoms with Gasteiger partial charge in [-0.1, -0.05) is 20.8 Å². The Morgan fingerprint density at radius 1 is 1.20 bits per heavy atom. The zero-order chi connectivity index (χ0) is 24.8. The minimum absolute atomic E-state index is 0.0857. The molecule has 10 heteroatoms. The Hall–Kier alpha value is -2.69. The van der Waals surface area contributed by atoms with Crippen molar-refractivity contribution >= 4 is 11.6 Å². The number of carbonyl (C=O) groups excluding carboxylic acids is 1. The van der Waals surface area contributed by atoms with Gasteiger partial charge in [0.2, 0.25) is 5.91 Å². The molecule has 1 saturated heterocycles. The Morgan fingerprint density at radius 2 is 1.97 bits per heavy atom. The van der Waals surface area contributed by atoms with Crippen LogP contribution in [0.3, 0.4) is 0 Å². The lowest BCUT2D eigenvalue weighted by Gasteiger charge is -2.29. The van der Waals surface area contributed by atoms with Crippen molar-refractivity contribution < 1.29 is 14.3 Å². The Labute approximate surface area is 207 Å². The quantitative estimate of drug-likeness (QED) is 0.440. The fourth-order valence-electron chi connectivity index (χ4n) is 4.22. The van der Waals surface area contributed by atoms with Crippen LogP contribution in [0.1, 0.15) is 51.4 Å². The molecule has 1 aromatic carbocycles. The van der Waals surface area contributed by atoms with Crippen LogP contribution in [0.4, 0.5) is 5.69 Å². The van der Waals surface area contributed by atoms with E-state index in [-0.39, 0.29) is 17.5 Å². The van der Waals surface area contributed by atoms with Crippen LogP contribution >= 0.6 is 0 Å². The molecule has 0 aliphatic carbocycles. The van der Waals surface area contributed by atoms with Crippen molar-refractivity contribution in [2.45, 2.75) is 46.7 Å². The predicted molar refractivity (Wildman–Crippen MR) is 135 cm³/mol. The summed E-state index contributed by atoms with van der Waals surface area (Å²) < 4.78 is 13.6. The number of aromatic nitrogens is 3. The van der Waals surface area contributed by atoms with E-state index in [0.717, 1.165) is 81.0 Å². The number of ether oxygens (including phenoxy) is 2. The summed E-state index contributed by atoms with van der Waals surface area (Å²) in [5.41, 5.74) is 1.65. The molecule has 1 aromatic heterocycles. The van der Waals surface area contributed by atoms with Crippen LogP contribution in [0, 0.1) is 12.3 Å². The minimum Gasteiger partial charge on any atom is -0.492 e. The molecule has 2 aromatic rings. The maximum Gasteiger partial charge on any atom is 0.225 e. The van der Waals surface area contributed by atoms with Gasteiger partial charge in [0.15, 0.2) is 5.82 Å². The van der Waals surface area contributed by atoms with Gasteiger partial charge in [0.1, 0.15) is 24.3 Å². The van der Waals surface area contributed by atoms with Crippen molar-refractivity contribution in [2.24, 2.45) is 5.41 Å². The third-order valence-electron chi connectivity index (χ3n) is 6.32. The number of nitrogens with zero attached hydrogens (tertiary/aromatic N) is 4. The number of benzene rings is 1. The van der Waals surface area contributed by atoms with Gasteiger partial charge in [-0.15, -0.1) is 10.2 Å². The summed E-state index contributed by atoms with van der Waals surface area (Å²) >= 11 is 0. The largest absolute Gasteiger partial charge is 0.492 e. The number of hydrogen-bond donors (Lipinski definition) is 3. The van der Waals surface area contributed by atoms with Crippen LogP contribution in [0.25, 0.3) is 5.69 Å². The summed E-state index contributed by atoms with van der Waals surface area (Å²) in [4.78, 5) is 14.4. The highest BCUT2D eigenvalue weighted by molar-refractivity contribution is 5.81. The number of carbonyl (C=O) groups is 1. The summed E-state index contributed by atoms with van der Waals surface area (Å²) in [5.74, 6) is 2.62. The highest BCUT2D eigenvalue weighted by Crippen LogP contribution is 2.34. The highest BCUT2D eigenvalue weighted by Gasteiger charge is 2.28. The van der Waals surface area contributed by atoms with Crippen molar-refractivity contribution in [3.8, 4) is 11.4 Å². The normalized spacial score (nSPS) is 17.9. The van der Waals surface area contributed by atoms with Crippen LogP contribution < -0.4 is 20.7 Å². The lowest BCUT2D eigenvalue weighted by molar-refractivity contribution is -0.128. The summed E-state index contributed by atoms with van der Waals surface area (Å²) in [6.07, 6.45) is 1.69. The molecule has 0 spiro atoms. The number of rotatable bonds is 10. The fourth-order valence-corrected chi connectivity index (χ4v) is 4.22. The molecule has 1 atom stereocenters. The van der Waals surface area contributed by atoms with E-state index in [1.54, 1.807) is 0 Å². The molecule has 4 rings (SSSR count). The summed E-state index contributed by atoms with van der Waals surface area (Å²) in [5, 5.41) is 18.8. The zero-order valence-corrected chi connectivity index (χ0v) is 21.4. The number of unbranched alkanes of at least 4 members (excludes halogenated alkanes) is 1. The van der Waals surface area contributed by atoms with Gasteiger partial charge in [-0.3, -0.25) is 19.6 Å². The van der Waals surface area contributed by atoms with Gasteiger partial charge in [0.25, 0.3) is 0 Å². The number of amides is 1. The first-order chi connectivity index (χ1) is 16.8. The van der Waals surface area contributed by atoms with E-state index in [1.807, 2.05) is 39.8 Å². The highest BCUT2D eigenvalue weighted by atomic mass is 16.5. The second-order valence-electron chi connectivity index (χ2n) is 10.2. The maximum absolute atomic E-state index is 12.0. The number of fused-ring (bicyclic) bond motifs is 3. The molecule has 3 heterocycles. The lowest BCUT2D eigenvalue weighted by atomic mass is 9.96. The van der Waals surface area contributed by atoms with Gasteiger partial charge in [-0.2, -0.15) is 0 Å². The molecule has 0 saturated carbocycles. The molecule has 2 aliphatic heterocycles. The van der Waals surface area contributed by atoms with Crippen LogP contribution in [-0.4, -0.2) is 78.1 Å². The number of anilines is 1. The molecule has 3 N–H and O–H groups in total. The van der Waals surface area contributed by atoms with E-state index in [4.69, 9.17) is 9.47 Å². The maximum atomic E-state index is 12.0. The topological polar surface area (TPSA) is 106 Å². The Bertz CT molecular complexity index is 995. The van der Waals surface area contributed by atoms with Gasteiger partial charge in [-0.05, 0) is 38.4 Å². The average molecular weight is 486 g/mol. The van der Waals surface area contributed by atoms with Crippen LogP contribution in [0.15, 0.2) is 18.2 Å². The Morgan fingerprint density at radius 3 is 2.74 bits per heavy atom. The second kappa shape index (κ2) is 11.4. The van der Waals surface area contributed by atoms with Crippen molar-refractivity contribution in [3.05, 3.63) is 29.8 Å². The van der Waals surface area contributed by atoms with Crippen molar-refractivity contribution in [2.75, 3.05) is 57.9 Å². The van der Waals surface area contributed by atoms with Gasteiger partial charge in [0.05, 0.1) is 24.6 Å². The zero-order valence-electron chi connectivity index (χ0n) is 21.4. The van der Waals surface area contributed by atoms with Gasteiger partial charge in [0, 0.05) is 37.7 Å². The third-order valence-corrected chi connectivity index (χ3v) is 6.32. The first-order valence-electron chi connectivity index (χ1n) is 12.6.